The van der Waals surface area contributed by atoms with Crippen LogP contribution in [-0.4, -0.2) is 44.2 Å². The Kier molecular flexibility index (Phi) is 4.36. The highest BCUT2D eigenvalue weighted by Crippen LogP contribution is 2.35. The van der Waals surface area contributed by atoms with Gasteiger partial charge < -0.3 is 14.8 Å². The smallest absolute Gasteiger partial charge is 0.256 e. The Morgan fingerprint density at radius 1 is 1.27 bits per heavy atom. The first kappa shape index (κ1) is 16.6. The van der Waals surface area contributed by atoms with E-state index in [1.807, 2.05) is 36.6 Å². The van der Waals surface area contributed by atoms with E-state index >= 15 is 0 Å². The Bertz CT molecular complexity index is 927. The Morgan fingerprint density at radius 3 is 2.81 bits per heavy atom. The van der Waals surface area contributed by atoms with E-state index in [0.29, 0.717) is 29.2 Å². The van der Waals surface area contributed by atoms with Crippen molar-refractivity contribution in [2.24, 2.45) is 0 Å². The second-order valence-electron chi connectivity index (χ2n) is 6.02. The number of imidazole rings is 1. The zero-order valence-corrected chi connectivity index (χ0v) is 14.5. The molecule has 1 saturated heterocycles. The minimum atomic E-state index is -0.289. The van der Waals surface area contributed by atoms with Gasteiger partial charge in [0.15, 0.2) is 23.2 Å². The number of benzene rings is 1. The number of hydrogen-bond donors (Lipinski definition) is 1. The van der Waals surface area contributed by atoms with E-state index in [0.717, 1.165) is 0 Å². The molecule has 1 aliphatic rings. The Balaban J connectivity index is 1.63. The molecule has 0 radical (unpaired) electrons. The SMILES string of the molecule is CCO[C@H]1C(C)O[C@H]1n1cnc2c(NC(=O)c3ccccc3)ncnc21. The first-order chi connectivity index (χ1) is 12.7. The average Bonchev–Trinajstić information content (AvgIpc) is 3.09. The van der Waals surface area contributed by atoms with Crippen molar-refractivity contribution >= 4 is 22.9 Å². The summed E-state index contributed by atoms with van der Waals surface area (Å²) in [7, 11) is 0. The van der Waals surface area contributed by atoms with Crippen LogP contribution < -0.4 is 5.32 Å². The molecule has 0 saturated carbocycles. The van der Waals surface area contributed by atoms with Gasteiger partial charge in [-0.1, -0.05) is 18.2 Å². The van der Waals surface area contributed by atoms with E-state index in [9.17, 15) is 4.79 Å². The number of carbonyl (C=O) groups is 1. The molecule has 8 nitrogen and oxygen atoms in total. The molecule has 8 heteroatoms. The first-order valence-electron chi connectivity index (χ1n) is 8.50. The lowest BCUT2D eigenvalue weighted by atomic mass is 10.1. The summed E-state index contributed by atoms with van der Waals surface area (Å²) >= 11 is 0. The Morgan fingerprint density at radius 2 is 2.08 bits per heavy atom. The van der Waals surface area contributed by atoms with E-state index < -0.39 is 0 Å². The molecule has 26 heavy (non-hydrogen) atoms. The number of nitrogens with one attached hydrogen (secondary N) is 1. The van der Waals surface area contributed by atoms with Crippen molar-refractivity contribution in [2.75, 3.05) is 11.9 Å². The maximum absolute atomic E-state index is 12.4. The lowest BCUT2D eigenvalue weighted by Crippen LogP contribution is -2.50. The number of rotatable bonds is 5. The minimum absolute atomic E-state index is 0.0106. The van der Waals surface area contributed by atoms with Gasteiger partial charge in [0.2, 0.25) is 0 Å². The lowest BCUT2D eigenvalue weighted by molar-refractivity contribution is -0.264. The van der Waals surface area contributed by atoms with E-state index in [1.54, 1.807) is 18.5 Å². The van der Waals surface area contributed by atoms with Crippen molar-refractivity contribution in [1.29, 1.82) is 0 Å². The summed E-state index contributed by atoms with van der Waals surface area (Å²) in [4.78, 5) is 25.2. The largest absolute Gasteiger partial charge is 0.371 e. The van der Waals surface area contributed by atoms with Gasteiger partial charge in [0, 0.05) is 12.2 Å². The maximum atomic E-state index is 12.4. The number of anilines is 1. The standard InChI is InChI=1S/C18H19N5O3/c1-3-25-14-11(2)26-18(14)23-10-21-13-15(19-9-20-16(13)23)22-17(24)12-7-5-4-6-8-12/h4-11,14,18H,3H2,1-2H3,(H,19,20,22,24)/t11?,14-,18+/m0/s1. The van der Waals surface area contributed by atoms with E-state index in [-0.39, 0.29) is 24.3 Å². The summed E-state index contributed by atoms with van der Waals surface area (Å²) in [5.74, 6) is 0.115. The van der Waals surface area contributed by atoms with Crippen LogP contribution in [-0.2, 0) is 9.47 Å². The fourth-order valence-corrected chi connectivity index (χ4v) is 3.05. The van der Waals surface area contributed by atoms with Crippen molar-refractivity contribution in [2.45, 2.75) is 32.3 Å². The Labute approximate surface area is 150 Å². The van der Waals surface area contributed by atoms with Crippen molar-refractivity contribution in [1.82, 2.24) is 19.5 Å². The van der Waals surface area contributed by atoms with Gasteiger partial charge >= 0.3 is 0 Å². The zero-order valence-electron chi connectivity index (χ0n) is 14.5. The molecule has 1 aromatic carbocycles. The van der Waals surface area contributed by atoms with Crippen molar-refractivity contribution in [3.63, 3.8) is 0 Å². The van der Waals surface area contributed by atoms with Gasteiger partial charge in [-0.05, 0) is 26.0 Å². The lowest BCUT2D eigenvalue weighted by Gasteiger charge is -2.42. The van der Waals surface area contributed by atoms with Crippen molar-refractivity contribution in [3.8, 4) is 0 Å². The van der Waals surface area contributed by atoms with Crippen molar-refractivity contribution < 1.29 is 14.3 Å². The zero-order chi connectivity index (χ0) is 18.1. The molecule has 3 heterocycles. The Hall–Kier alpha value is -2.84. The van der Waals surface area contributed by atoms with E-state index in [2.05, 4.69) is 20.3 Å². The van der Waals surface area contributed by atoms with E-state index in [4.69, 9.17) is 9.47 Å². The molecule has 4 rings (SSSR count). The highest BCUT2D eigenvalue weighted by Gasteiger charge is 2.42. The molecule has 0 bridgehead atoms. The molecule has 1 unspecified atom stereocenters. The highest BCUT2D eigenvalue weighted by molar-refractivity contribution is 6.06. The van der Waals surface area contributed by atoms with Crippen LogP contribution in [0.4, 0.5) is 5.82 Å². The van der Waals surface area contributed by atoms with E-state index in [1.165, 1.54) is 6.33 Å². The number of amides is 1. The van der Waals surface area contributed by atoms with Gasteiger partial charge in [-0.25, -0.2) is 15.0 Å². The maximum Gasteiger partial charge on any atom is 0.256 e. The van der Waals surface area contributed by atoms with Gasteiger partial charge in [-0.3, -0.25) is 9.36 Å². The molecule has 3 atom stereocenters. The molecule has 1 aliphatic heterocycles. The van der Waals surface area contributed by atoms with Gasteiger partial charge in [-0.2, -0.15) is 0 Å². The second kappa shape index (κ2) is 6.81. The molecule has 3 aromatic rings. The van der Waals surface area contributed by atoms with Crippen LogP contribution in [0.5, 0.6) is 0 Å². The molecule has 2 aromatic heterocycles. The molecule has 0 spiro atoms. The highest BCUT2D eigenvalue weighted by atomic mass is 16.6. The predicted octanol–water partition coefficient (Wildman–Crippen LogP) is 2.40. The summed E-state index contributed by atoms with van der Waals surface area (Å²) in [5.41, 5.74) is 1.64. The van der Waals surface area contributed by atoms with Gasteiger partial charge in [0.25, 0.3) is 5.91 Å². The minimum Gasteiger partial charge on any atom is -0.371 e. The second-order valence-corrected chi connectivity index (χ2v) is 6.02. The summed E-state index contributed by atoms with van der Waals surface area (Å²) in [5, 5.41) is 2.80. The number of ether oxygens (including phenoxy) is 2. The van der Waals surface area contributed by atoms with Gasteiger partial charge in [0.05, 0.1) is 12.4 Å². The summed E-state index contributed by atoms with van der Waals surface area (Å²) < 4.78 is 13.4. The summed E-state index contributed by atoms with van der Waals surface area (Å²) in [6.45, 7) is 4.53. The van der Waals surface area contributed by atoms with Crippen LogP contribution in [0.1, 0.15) is 30.4 Å². The number of aromatic nitrogens is 4. The van der Waals surface area contributed by atoms with Gasteiger partial charge in [-0.15, -0.1) is 0 Å². The normalized spacial score (nSPS) is 22.2. The number of hydrogen-bond acceptors (Lipinski definition) is 6. The third-order valence-electron chi connectivity index (χ3n) is 4.36. The van der Waals surface area contributed by atoms with Crippen LogP contribution in [0.15, 0.2) is 43.0 Å². The fourth-order valence-electron chi connectivity index (χ4n) is 3.05. The van der Waals surface area contributed by atoms with Crippen LogP contribution in [0.3, 0.4) is 0 Å². The molecule has 134 valence electrons. The fraction of sp³-hybridized carbons (Fsp3) is 0.333. The molecular formula is C18H19N5O3. The topological polar surface area (TPSA) is 91.2 Å². The summed E-state index contributed by atoms with van der Waals surface area (Å²) in [6.07, 6.45) is 2.70. The summed E-state index contributed by atoms with van der Waals surface area (Å²) in [6, 6.07) is 8.95. The third kappa shape index (κ3) is 2.83. The van der Waals surface area contributed by atoms with Crippen LogP contribution in [0, 0.1) is 0 Å². The molecule has 1 amide bonds. The van der Waals surface area contributed by atoms with Crippen LogP contribution >= 0.6 is 0 Å². The van der Waals surface area contributed by atoms with Crippen molar-refractivity contribution in [3.05, 3.63) is 48.5 Å². The molecule has 0 aliphatic carbocycles. The van der Waals surface area contributed by atoms with Crippen LogP contribution in [0.25, 0.3) is 11.2 Å². The monoisotopic (exact) mass is 353 g/mol. The number of nitrogens with zero attached hydrogens (tertiary/aromatic N) is 4. The number of carbonyl (C=O) groups excluding carboxylic acids is 1. The molecular weight excluding hydrogens is 334 g/mol. The number of fused-ring (bicyclic) bond motifs is 1. The molecule has 1 N–H and O–H groups in total. The van der Waals surface area contributed by atoms with Crippen LogP contribution in [0.2, 0.25) is 0 Å². The first-order valence-corrected chi connectivity index (χ1v) is 8.50. The average molecular weight is 353 g/mol. The molecule has 1 fully saturated rings. The quantitative estimate of drug-likeness (QED) is 0.757. The predicted molar refractivity (Wildman–Crippen MR) is 94.7 cm³/mol. The third-order valence-corrected chi connectivity index (χ3v) is 4.36. The van der Waals surface area contributed by atoms with Gasteiger partial charge in [0.1, 0.15) is 12.4 Å².